The topological polar surface area (TPSA) is 76.4 Å². The van der Waals surface area contributed by atoms with Crippen molar-refractivity contribution in [3.05, 3.63) is 47.9 Å². The van der Waals surface area contributed by atoms with Gasteiger partial charge in [-0.05, 0) is 62.7 Å². The Hall–Kier alpha value is -2.34. The summed E-state index contributed by atoms with van der Waals surface area (Å²) in [6.45, 7) is 2.27. The molecule has 2 N–H and O–H groups in total. The van der Waals surface area contributed by atoms with Crippen LogP contribution in [0.2, 0.25) is 0 Å². The van der Waals surface area contributed by atoms with E-state index in [1.165, 1.54) is 19.3 Å². The number of nitrogens with one attached hydrogen (secondary N) is 2. The number of carbonyl (C=O) groups is 1. The Morgan fingerprint density at radius 3 is 2.80 bits per heavy atom. The van der Waals surface area contributed by atoms with Gasteiger partial charge in [0.2, 0.25) is 5.91 Å². The van der Waals surface area contributed by atoms with E-state index in [9.17, 15) is 4.79 Å². The fraction of sp³-hybridized carbons (Fsp3) is 0.583. The van der Waals surface area contributed by atoms with Crippen molar-refractivity contribution >= 4 is 5.91 Å². The number of ether oxygens (including phenoxy) is 1. The molecule has 0 bridgehead atoms. The molecule has 2 heterocycles. The van der Waals surface area contributed by atoms with Crippen LogP contribution in [0.1, 0.15) is 56.4 Å². The molecule has 0 radical (unpaired) electrons. The first kappa shape index (κ1) is 20.9. The van der Waals surface area contributed by atoms with Crippen molar-refractivity contribution in [3.63, 3.8) is 0 Å². The highest BCUT2D eigenvalue weighted by Gasteiger charge is 2.29. The number of amides is 1. The summed E-state index contributed by atoms with van der Waals surface area (Å²) in [5.41, 5.74) is 0.938. The summed E-state index contributed by atoms with van der Waals surface area (Å²) < 4.78 is 11.2. The normalized spacial score (nSPS) is 22.5. The number of rotatable bonds is 8. The maximum atomic E-state index is 12.6. The van der Waals surface area contributed by atoms with Crippen LogP contribution in [0.3, 0.4) is 0 Å². The second-order valence-electron chi connectivity index (χ2n) is 8.71. The molecule has 6 nitrogen and oxygen atoms in total. The molecule has 1 aliphatic carbocycles. The molecule has 1 aromatic heterocycles. The van der Waals surface area contributed by atoms with E-state index in [0.717, 1.165) is 56.0 Å². The van der Waals surface area contributed by atoms with Crippen LogP contribution in [0.15, 0.2) is 40.9 Å². The van der Waals surface area contributed by atoms with E-state index in [1.807, 2.05) is 36.4 Å². The van der Waals surface area contributed by atoms with Gasteiger partial charge in [0.1, 0.15) is 12.4 Å². The molecule has 2 fully saturated rings. The Kier molecular flexibility index (Phi) is 7.40. The van der Waals surface area contributed by atoms with E-state index in [2.05, 4.69) is 15.8 Å². The number of nitrogens with zero attached hydrogens (tertiary/aromatic N) is 1. The minimum absolute atomic E-state index is 0.218. The van der Waals surface area contributed by atoms with Crippen molar-refractivity contribution in [2.75, 3.05) is 13.1 Å². The number of para-hydroxylation sites is 1. The van der Waals surface area contributed by atoms with Crippen molar-refractivity contribution in [2.24, 2.45) is 11.8 Å². The second kappa shape index (κ2) is 10.6. The highest BCUT2D eigenvalue weighted by Crippen LogP contribution is 2.27. The van der Waals surface area contributed by atoms with Crippen LogP contribution in [0.25, 0.3) is 0 Å². The lowest BCUT2D eigenvalue weighted by atomic mass is 9.81. The van der Waals surface area contributed by atoms with Gasteiger partial charge < -0.3 is 19.9 Å². The number of hydrogen-bond acceptors (Lipinski definition) is 5. The molecule has 6 heteroatoms. The third kappa shape index (κ3) is 6.08. The molecule has 1 amide bonds. The molecule has 4 rings (SSSR count). The quantitative estimate of drug-likeness (QED) is 0.690. The van der Waals surface area contributed by atoms with Crippen LogP contribution in [-0.4, -0.2) is 30.2 Å². The monoisotopic (exact) mass is 411 g/mol. The molecule has 1 saturated carbocycles. The van der Waals surface area contributed by atoms with Gasteiger partial charge in [-0.3, -0.25) is 4.79 Å². The van der Waals surface area contributed by atoms with E-state index < -0.39 is 0 Å². The molecule has 30 heavy (non-hydrogen) atoms. The highest BCUT2D eigenvalue weighted by molar-refractivity contribution is 5.76. The third-order valence-electron chi connectivity index (χ3n) is 6.39. The van der Waals surface area contributed by atoms with Gasteiger partial charge in [-0.15, -0.1) is 0 Å². The standard InChI is InChI=1S/C24H33N3O3/c28-24(26-20-7-3-1-4-8-20)14-18-11-12-25-16-19(18)13-21-15-23(30-27-21)17-29-22-9-5-2-6-10-22/h2,5-6,9-10,15,18-20,25H,1,3-4,7-8,11-14,16-17H2,(H,26,28)/t18-,19+/m0/s1. The Balaban J connectivity index is 1.27. The van der Waals surface area contributed by atoms with Gasteiger partial charge in [0.05, 0.1) is 5.69 Å². The van der Waals surface area contributed by atoms with Crippen molar-refractivity contribution in [1.29, 1.82) is 0 Å². The maximum absolute atomic E-state index is 12.6. The minimum atomic E-state index is 0.218. The van der Waals surface area contributed by atoms with E-state index >= 15 is 0 Å². The Morgan fingerprint density at radius 1 is 1.13 bits per heavy atom. The molecule has 1 saturated heterocycles. The average molecular weight is 412 g/mol. The van der Waals surface area contributed by atoms with E-state index in [1.54, 1.807) is 0 Å². The first-order chi connectivity index (χ1) is 14.8. The predicted octanol–water partition coefficient (Wildman–Crippen LogP) is 3.86. The van der Waals surface area contributed by atoms with Crippen molar-refractivity contribution < 1.29 is 14.1 Å². The van der Waals surface area contributed by atoms with Gasteiger partial charge in [-0.2, -0.15) is 0 Å². The number of aromatic nitrogens is 1. The smallest absolute Gasteiger partial charge is 0.220 e. The molecule has 1 aromatic carbocycles. The van der Waals surface area contributed by atoms with Crippen LogP contribution in [-0.2, 0) is 17.8 Å². The second-order valence-corrected chi connectivity index (χ2v) is 8.71. The van der Waals surface area contributed by atoms with E-state index in [0.29, 0.717) is 30.9 Å². The predicted molar refractivity (Wildman–Crippen MR) is 115 cm³/mol. The zero-order chi connectivity index (χ0) is 20.6. The largest absolute Gasteiger partial charge is 0.486 e. The summed E-state index contributed by atoms with van der Waals surface area (Å²) in [4.78, 5) is 12.6. The van der Waals surface area contributed by atoms with E-state index in [4.69, 9.17) is 9.26 Å². The number of piperidine rings is 1. The Bertz CT molecular complexity index is 786. The third-order valence-corrected chi connectivity index (χ3v) is 6.39. The molecule has 162 valence electrons. The average Bonchev–Trinajstić information content (AvgIpc) is 3.22. The minimum Gasteiger partial charge on any atom is -0.486 e. The van der Waals surface area contributed by atoms with Gasteiger partial charge in [0.15, 0.2) is 5.76 Å². The van der Waals surface area contributed by atoms with Crippen LogP contribution >= 0.6 is 0 Å². The van der Waals surface area contributed by atoms with Crippen LogP contribution < -0.4 is 15.4 Å². The number of hydrogen-bond donors (Lipinski definition) is 2. The summed E-state index contributed by atoms with van der Waals surface area (Å²) in [5.74, 6) is 2.54. The van der Waals surface area contributed by atoms with Gasteiger partial charge in [-0.25, -0.2) is 0 Å². The molecular weight excluding hydrogens is 378 g/mol. The number of carbonyl (C=O) groups excluding carboxylic acids is 1. The lowest BCUT2D eigenvalue weighted by molar-refractivity contribution is -0.123. The fourth-order valence-electron chi connectivity index (χ4n) is 4.72. The van der Waals surface area contributed by atoms with Gasteiger partial charge >= 0.3 is 0 Å². The molecule has 0 unspecified atom stereocenters. The number of benzene rings is 1. The van der Waals surface area contributed by atoms with Crippen LogP contribution in [0.4, 0.5) is 0 Å². The molecule has 2 aliphatic rings. The Labute approximate surface area is 178 Å². The van der Waals surface area contributed by atoms with Crippen molar-refractivity contribution in [1.82, 2.24) is 15.8 Å². The fourth-order valence-corrected chi connectivity index (χ4v) is 4.72. The first-order valence-corrected chi connectivity index (χ1v) is 11.4. The summed E-state index contributed by atoms with van der Waals surface area (Å²) in [6.07, 6.45) is 8.52. The molecule has 0 spiro atoms. The lowest BCUT2D eigenvalue weighted by Crippen LogP contribution is -2.42. The van der Waals surface area contributed by atoms with Crippen LogP contribution in [0.5, 0.6) is 5.75 Å². The zero-order valence-corrected chi connectivity index (χ0v) is 17.6. The van der Waals surface area contributed by atoms with Crippen LogP contribution in [0, 0.1) is 11.8 Å². The van der Waals surface area contributed by atoms with E-state index in [-0.39, 0.29) is 5.91 Å². The summed E-state index contributed by atoms with van der Waals surface area (Å²) in [7, 11) is 0. The molecule has 2 aromatic rings. The molecule has 1 aliphatic heterocycles. The highest BCUT2D eigenvalue weighted by atomic mass is 16.5. The SMILES string of the molecule is O=C(C[C@@H]1CCNC[C@H]1Cc1cc(COc2ccccc2)on1)NC1CCCCC1. The first-order valence-electron chi connectivity index (χ1n) is 11.4. The lowest BCUT2D eigenvalue weighted by Gasteiger charge is -2.32. The molecular formula is C24H33N3O3. The zero-order valence-electron chi connectivity index (χ0n) is 17.6. The summed E-state index contributed by atoms with van der Waals surface area (Å²) in [5, 5.41) is 11.0. The Morgan fingerprint density at radius 2 is 1.97 bits per heavy atom. The maximum Gasteiger partial charge on any atom is 0.220 e. The van der Waals surface area contributed by atoms with Crippen molar-refractivity contribution in [3.8, 4) is 5.75 Å². The van der Waals surface area contributed by atoms with Gasteiger partial charge in [0, 0.05) is 18.5 Å². The van der Waals surface area contributed by atoms with Gasteiger partial charge in [0.25, 0.3) is 0 Å². The summed E-state index contributed by atoms with van der Waals surface area (Å²) >= 11 is 0. The summed E-state index contributed by atoms with van der Waals surface area (Å²) in [6, 6.07) is 12.1. The van der Waals surface area contributed by atoms with Gasteiger partial charge in [-0.1, -0.05) is 42.6 Å². The van der Waals surface area contributed by atoms with Crippen molar-refractivity contribution in [2.45, 2.75) is 64.0 Å². The molecule has 2 atom stereocenters.